The van der Waals surface area contributed by atoms with Crippen LogP contribution in [-0.4, -0.2) is 38.0 Å². The molecule has 0 N–H and O–H groups in total. The summed E-state index contributed by atoms with van der Waals surface area (Å²) in [5.41, 5.74) is 0. The van der Waals surface area contributed by atoms with Gasteiger partial charge in [0.05, 0.1) is 12.2 Å². The molecule has 2 fully saturated rings. The largest absolute Gasteiger partial charge is 0.353 e. The SMILES string of the molecule is CCC1O[C@@H](OC2C(C)[C@H](C)C(CC)O[C@H]2OC)C(C)C(C)[C@@H]1C. The smallest absolute Gasteiger partial charge is 0.184 e. The van der Waals surface area contributed by atoms with Crippen LogP contribution in [0, 0.1) is 29.6 Å². The number of hydrogen-bond acceptors (Lipinski definition) is 4. The third kappa shape index (κ3) is 3.82. The van der Waals surface area contributed by atoms with E-state index in [0.29, 0.717) is 29.6 Å². The molecule has 4 heteroatoms. The summed E-state index contributed by atoms with van der Waals surface area (Å²) >= 11 is 0. The molecule has 0 aromatic carbocycles. The lowest BCUT2D eigenvalue weighted by Gasteiger charge is -2.48. The second kappa shape index (κ2) is 8.48. The molecule has 24 heavy (non-hydrogen) atoms. The molecular formula is C20H38O4. The number of hydrogen-bond donors (Lipinski definition) is 0. The van der Waals surface area contributed by atoms with Gasteiger partial charge >= 0.3 is 0 Å². The summed E-state index contributed by atoms with van der Waals surface area (Å²) in [7, 11) is 1.71. The second-order valence-corrected chi connectivity index (χ2v) is 8.03. The molecule has 0 amide bonds. The van der Waals surface area contributed by atoms with Gasteiger partial charge < -0.3 is 18.9 Å². The molecule has 2 rings (SSSR count). The first-order chi connectivity index (χ1) is 11.3. The van der Waals surface area contributed by atoms with Gasteiger partial charge in [0.2, 0.25) is 0 Å². The Hall–Kier alpha value is -0.160. The van der Waals surface area contributed by atoms with E-state index in [1.165, 1.54) is 0 Å². The molecule has 0 aromatic rings. The monoisotopic (exact) mass is 342 g/mol. The molecule has 6 unspecified atom stereocenters. The zero-order valence-electron chi connectivity index (χ0n) is 16.8. The van der Waals surface area contributed by atoms with Gasteiger partial charge in [0.25, 0.3) is 0 Å². The highest BCUT2D eigenvalue weighted by atomic mass is 16.7. The summed E-state index contributed by atoms with van der Waals surface area (Å²) in [6.45, 7) is 15.7. The van der Waals surface area contributed by atoms with Crippen LogP contribution >= 0.6 is 0 Å². The Morgan fingerprint density at radius 1 is 0.667 bits per heavy atom. The van der Waals surface area contributed by atoms with Crippen molar-refractivity contribution in [2.75, 3.05) is 7.11 Å². The first-order valence-electron chi connectivity index (χ1n) is 9.84. The van der Waals surface area contributed by atoms with Crippen molar-refractivity contribution < 1.29 is 18.9 Å². The second-order valence-electron chi connectivity index (χ2n) is 8.03. The summed E-state index contributed by atoms with van der Waals surface area (Å²) in [6.07, 6.45) is 1.95. The van der Waals surface area contributed by atoms with Crippen LogP contribution in [0.5, 0.6) is 0 Å². The van der Waals surface area contributed by atoms with E-state index in [4.69, 9.17) is 18.9 Å². The van der Waals surface area contributed by atoms with Crippen molar-refractivity contribution >= 4 is 0 Å². The molecule has 4 nitrogen and oxygen atoms in total. The van der Waals surface area contributed by atoms with Crippen LogP contribution in [0.2, 0.25) is 0 Å². The third-order valence-corrected chi connectivity index (χ3v) is 6.82. The Kier molecular flexibility index (Phi) is 7.12. The Labute approximate surface area is 148 Å². The van der Waals surface area contributed by atoms with Crippen LogP contribution in [0.25, 0.3) is 0 Å². The highest BCUT2D eigenvalue weighted by Gasteiger charge is 2.46. The lowest BCUT2D eigenvalue weighted by molar-refractivity contribution is -0.333. The van der Waals surface area contributed by atoms with Crippen molar-refractivity contribution in [2.24, 2.45) is 29.6 Å². The zero-order valence-corrected chi connectivity index (χ0v) is 16.8. The molecule has 2 saturated heterocycles. The highest BCUT2D eigenvalue weighted by molar-refractivity contribution is 4.88. The van der Waals surface area contributed by atoms with Gasteiger partial charge in [0.15, 0.2) is 12.6 Å². The van der Waals surface area contributed by atoms with E-state index in [1.807, 2.05) is 0 Å². The van der Waals surface area contributed by atoms with Crippen molar-refractivity contribution in [3.63, 3.8) is 0 Å². The summed E-state index contributed by atoms with van der Waals surface area (Å²) in [6, 6.07) is 0. The number of methoxy groups -OCH3 is 1. The van der Waals surface area contributed by atoms with Crippen molar-refractivity contribution in [3.05, 3.63) is 0 Å². The molecule has 0 saturated carbocycles. The number of ether oxygens (including phenoxy) is 4. The highest BCUT2D eigenvalue weighted by Crippen LogP contribution is 2.40. The van der Waals surface area contributed by atoms with Gasteiger partial charge in [-0.25, -0.2) is 0 Å². The van der Waals surface area contributed by atoms with Crippen LogP contribution in [0.15, 0.2) is 0 Å². The molecule has 0 bridgehead atoms. The summed E-state index contributed by atoms with van der Waals surface area (Å²) in [5, 5.41) is 0. The molecule has 2 heterocycles. The van der Waals surface area contributed by atoms with Gasteiger partial charge in [-0.1, -0.05) is 48.5 Å². The molecule has 0 aromatic heterocycles. The summed E-state index contributed by atoms with van der Waals surface area (Å²) in [4.78, 5) is 0. The van der Waals surface area contributed by atoms with Crippen LogP contribution in [0.4, 0.5) is 0 Å². The fourth-order valence-corrected chi connectivity index (χ4v) is 4.37. The van der Waals surface area contributed by atoms with Crippen LogP contribution in [0.3, 0.4) is 0 Å². The van der Waals surface area contributed by atoms with Crippen LogP contribution in [-0.2, 0) is 18.9 Å². The minimum Gasteiger partial charge on any atom is -0.353 e. The van der Waals surface area contributed by atoms with E-state index in [9.17, 15) is 0 Å². The predicted molar refractivity (Wildman–Crippen MR) is 95.6 cm³/mol. The van der Waals surface area contributed by atoms with Gasteiger partial charge in [-0.3, -0.25) is 0 Å². The Balaban J connectivity index is 2.12. The Morgan fingerprint density at radius 3 is 1.67 bits per heavy atom. The minimum atomic E-state index is -0.313. The van der Waals surface area contributed by atoms with Crippen molar-refractivity contribution in [3.8, 4) is 0 Å². The maximum absolute atomic E-state index is 6.50. The van der Waals surface area contributed by atoms with Gasteiger partial charge in [-0.05, 0) is 36.5 Å². The zero-order chi connectivity index (χ0) is 18.0. The molecule has 0 aliphatic carbocycles. The van der Waals surface area contributed by atoms with E-state index in [2.05, 4.69) is 48.5 Å². The van der Waals surface area contributed by atoms with Crippen LogP contribution < -0.4 is 0 Å². The van der Waals surface area contributed by atoms with E-state index in [0.717, 1.165) is 12.8 Å². The quantitative estimate of drug-likeness (QED) is 0.739. The van der Waals surface area contributed by atoms with Crippen molar-refractivity contribution in [2.45, 2.75) is 92.2 Å². The van der Waals surface area contributed by atoms with Crippen molar-refractivity contribution in [1.82, 2.24) is 0 Å². The van der Waals surface area contributed by atoms with E-state index < -0.39 is 0 Å². The molecular weight excluding hydrogens is 304 g/mol. The summed E-state index contributed by atoms with van der Waals surface area (Å²) in [5.74, 6) is 2.33. The number of rotatable bonds is 5. The van der Waals surface area contributed by atoms with E-state index in [-0.39, 0.29) is 30.9 Å². The molecule has 0 spiro atoms. The van der Waals surface area contributed by atoms with E-state index in [1.54, 1.807) is 7.11 Å². The fraction of sp³-hybridized carbons (Fsp3) is 1.00. The Bertz CT molecular complexity index is 384. The lowest BCUT2D eigenvalue weighted by Crippen LogP contribution is -2.55. The van der Waals surface area contributed by atoms with E-state index >= 15 is 0 Å². The molecule has 10 atom stereocenters. The first kappa shape index (κ1) is 20.2. The minimum absolute atomic E-state index is 0.0848. The van der Waals surface area contributed by atoms with Gasteiger partial charge in [-0.2, -0.15) is 0 Å². The van der Waals surface area contributed by atoms with Gasteiger partial charge in [0, 0.05) is 13.0 Å². The van der Waals surface area contributed by atoms with Gasteiger partial charge in [0.1, 0.15) is 6.10 Å². The standard InChI is InChI=1S/C20H38O4/c1-9-16-12(4)11(3)15(7)19(22-16)24-18-14(6)13(5)17(10-2)23-20(18)21-8/h11-20H,9-10H2,1-8H3/t11?,12-,13-,14?,15?,16?,17?,18?,19-,20+/m0/s1. The summed E-state index contributed by atoms with van der Waals surface area (Å²) < 4.78 is 24.6. The first-order valence-corrected chi connectivity index (χ1v) is 9.84. The average Bonchev–Trinajstić information content (AvgIpc) is 2.59. The third-order valence-electron chi connectivity index (χ3n) is 6.82. The fourth-order valence-electron chi connectivity index (χ4n) is 4.37. The molecule has 2 aliphatic rings. The maximum Gasteiger partial charge on any atom is 0.184 e. The molecule has 2 aliphatic heterocycles. The lowest BCUT2D eigenvalue weighted by atomic mass is 9.78. The Morgan fingerprint density at radius 2 is 1.17 bits per heavy atom. The average molecular weight is 343 g/mol. The van der Waals surface area contributed by atoms with Gasteiger partial charge in [-0.15, -0.1) is 0 Å². The topological polar surface area (TPSA) is 36.9 Å². The molecule has 0 radical (unpaired) electrons. The predicted octanol–water partition coefficient (Wildman–Crippen LogP) is 4.47. The maximum atomic E-state index is 6.50. The van der Waals surface area contributed by atoms with Crippen molar-refractivity contribution in [1.29, 1.82) is 0 Å². The molecule has 142 valence electrons. The normalized spacial score (nSPS) is 50.0. The van der Waals surface area contributed by atoms with Crippen LogP contribution in [0.1, 0.15) is 61.3 Å².